The number of nitrogens with one attached hydrogen (secondary N) is 18. The largest absolute Gasteiger partial charge is 0.481 e. The fourth-order valence-corrected chi connectivity index (χ4v) is 13.6. The lowest BCUT2D eigenvalue weighted by molar-refractivity contribution is -0.145. The standard InChI is InChI=1S/C82H127N21O27/c1-10-41(6)63(99-74(122)56(36-105)96-73(121)55(35-104)97-79(127)65(43(8)109)100-72(120)51(28-39(2)3)90-60(111)32-83)77(125)94-54(31-46-33-87-48-21-15-14-20-47(46)48)71(119)92-52(29-40(4)5)69(117)98-58(38-107)80(128)103-27-17-23-59(103)76(124)88-34-61(112)89-49(22-16-26-86-82(84)85)67(115)95-57(37-106)75(123)101-64(42(7)108)78(126)93-53(30-45-18-12-11-13-19-45)70(118)91-50(24-25-62(113)114)68(116)102-66(44(9)110)81(129)130/h11-15,18-21,33,39-44,49-59,63-66,87,104-110H,10,16-17,22-32,34-38,83H2,1-9H3,(H,88,124)(H,89,112)(H,90,111)(H,91,118)(H,92,119)(H,93,126)(H,94,125)(H,95,115)(H,96,121)(H,97,127)(H,98,117)(H,99,122)(H,100,120)(H,101,123)(H,102,116)(H,113,114)(H,129,130)(H4,84,85,86)/t41-,42+,43+,44+,49-,50-,51-,52-,53-,54-,55-,56-,57-,58-,59-,63-,64-,65-,66-/m0/s1. The minimum Gasteiger partial charge on any atom is -0.481 e. The number of benzene rings is 2. The van der Waals surface area contributed by atoms with Crippen molar-refractivity contribution in [3.05, 3.63) is 71.9 Å². The van der Waals surface area contributed by atoms with Crippen LogP contribution in [-0.2, 0) is 99.1 Å². The van der Waals surface area contributed by atoms with E-state index in [9.17, 15) is 132 Å². The Morgan fingerprint density at radius 3 is 1.38 bits per heavy atom. The highest BCUT2D eigenvalue weighted by molar-refractivity contribution is 6.02. The number of amides is 16. The number of H-pyrrole nitrogens is 1. The molecule has 130 heavy (non-hydrogen) atoms. The van der Waals surface area contributed by atoms with E-state index < -0.39 is 280 Å². The fourth-order valence-electron chi connectivity index (χ4n) is 13.6. The summed E-state index contributed by atoms with van der Waals surface area (Å²) < 4.78 is 0. The Bertz CT molecular complexity index is 4380. The minimum absolute atomic E-state index is 0.0215. The third-order valence-electron chi connectivity index (χ3n) is 20.9. The first kappa shape index (κ1) is 110. The van der Waals surface area contributed by atoms with Gasteiger partial charge in [0.2, 0.25) is 94.5 Å². The van der Waals surface area contributed by atoms with Crippen molar-refractivity contribution in [3.8, 4) is 0 Å². The molecule has 3 aromatic rings. The minimum atomic E-state index is -2.00. The number of para-hydroxylation sites is 1. The van der Waals surface area contributed by atoms with Gasteiger partial charge in [0.15, 0.2) is 12.0 Å². The van der Waals surface area contributed by atoms with E-state index in [0.717, 1.165) is 25.7 Å². The number of aliphatic hydroxyl groups excluding tert-OH is 7. The number of hydrogen-bond acceptors (Lipinski definition) is 27. The molecule has 722 valence electrons. The molecule has 0 bridgehead atoms. The predicted molar refractivity (Wildman–Crippen MR) is 461 cm³/mol. The highest BCUT2D eigenvalue weighted by Gasteiger charge is 2.43. The van der Waals surface area contributed by atoms with Gasteiger partial charge in [-0.3, -0.25) is 86.9 Å². The monoisotopic (exact) mass is 1840 g/mol. The average Bonchev–Trinajstić information content (AvgIpc) is 1.66. The van der Waals surface area contributed by atoms with Crippen molar-refractivity contribution in [2.45, 2.75) is 242 Å². The number of carbonyl (C=O) groups excluding carboxylic acids is 16. The maximum Gasteiger partial charge on any atom is 0.328 e. The molecule has 2 aromatic carbocycles. The summed E-state index contributed by atoms with van der Waals surface area (Å²) >= 11 is 0. The highest BCUT2D eigenvalue weighted by atomic mass is 16.4. The molecule has 31 N–H and O–H groups in total. The zero-order chi connectivity index (χ0) is 97.5. The number of aromatic amines is 1. The maximum absolute atomic E-state index is 14.9. The lowest BCUT2D eigenvalue weighted by Gasteiger charge is -2.30. The van der Waals surface area contributed by atoms with Crippen molar-refractivity contribution in [2.24, 2.45) is 29.2 Å². The van der Waals surface area contributed by atoms with E-state index in [1.807, 2.05) is 5.32 Å². The van der Waals surface area contributed by atoms with Gasteiger partial charge in [-0.2, -0.15) is 0 Å². The van der Waals surface area contributed by atoms with Crippen molar-refractivity contribution in [1.29, 1.82) is 5.41 Å². The second-order valence-corrected chi connectivity index (χ2v) is 32.4. The molecule has 19 atom stereocenters. The Morgan fingerprint density at radius 2 is 0.877 bits per heavy atom. The number of fused-ring (bicyclic) bond motifs is 1. The number of nitrogens with zero attached hydrogens (tertiary/aromatic N) is 1. The summed E-state index contributed by atoms with van der Waals surface area (Å²) in [5.41, 5.74) is 12.4. The molecule has 4 rings (SSSR count). The summed E-state index contributed by atoms with van der Waals surface area (Å²) in [5.74, 6) is -22.2. The molecule has 1 aliphatic heterocycles. The highest BCUT2D eigenvalue weighted by Crippen LogP contribution is 2.23. The summed E-state index contributed by atoms with van der Waals surface area (Å²) in [5, 5.41) is 139. The number of rotatable bonds is 56. The molecule has 16 amide bonds. The lowest BCUT2D eigenvalue weighted by Crippen LogP contribution is -2.63. The van der Waals surface area contributed by atoms with Crippen LogP contribution in [-0.4, -0.2) is 330 Å². The van der Waals surface area contributed by atoms with Crippen LogP contribution in [0.4, 0.5) is 0 Å². The van der Waals surface area contributed by atoms with Gasteiger partial charge in [-0.25, -0.2) is 4.79 Å². The van der Waals surface area contributed by atoms with Gasteiger partial charge in [-0.15, -0.1) is 0 Å². The Labute approximate surface area is 748 Å². The number of carboxylic acids is 2. The van der Waals surface area contributed by atoms with Crippen LogP contribution in [0.15, 0.2) is 60.8 Å². The molecule has 0 aliphatic carbocycles. The summed E-state index contributed by atoms with van der Waals surface area (Å²) in [6.45, 7) is 7.27. The number of aliphatic carboxylic acids is 2. The predicted octanol–water partition coefficient (Wildman–Crippen LogP) is -9.73. The van der Waals surface area contributed by atoms with Crippen LogP contribution in [0.1, 0.15) is 131 Å². The number of guanidine groups is 1. The number of likely N-dealkylation sites (tertiary alicyclic amines) is 1. The van der Waals surface area contributed by atoms with E-state index in [4.69, 9.17) is 16.9 Å². The number of carboxylic acid groups (broad SMARTS) is 2. The van der Waals surface area contributed by atoms with Crippen molar-refractivity contribution < 1.29 is 132 Å². The van der Waals surface area contributed by atoms with Crippen LogP contribution in [0.3, 0.4) is 0 Å². The fraction of sp³-hybridized carbons (Fsp3) is 0.598. The van der Waals surface area contributed by atoms with Gasteiger partial charge in [0.1, 0.15) is 84.6 Å². The van der Waals surface area contributed by atoms with E-state index in [2.05, 4.69) is 84.7 Å². The van der Waals surface area contributed by atoms with Gasteiger partial charge in [-0.1, -0.05) is 96.5 Å². The molecule has 48 nitrogen and oxygen atoms in total. The molecule has 1 aliphatic rings. The Balaban J connectivity index is 1.52. The van der Waals surface area contributed by atoms with Crippen molar-refractivity contribution in [3.63, 3.8) is 0 Å². The van der Waals surface area contributed by atoms with Gasteiger partial charge in [0, 0.05) is 49.5 Å². The molecule has 0 unspecified atom stereocenters. The zero-order valence-corrected chi connectivity index (χ0v) is 73.8. The second-order valence-electron chi connectivity index (χ2n) is 32.4. The quantitative estimate of drug-likeness (QED) is 0.0142. The van der Waals surface area contributed by atoms with E-state index in [1.165, 1.54) is 12.1 Å². The third kappa shape index (κ3) is 35.4. The lowest BCUT2D eigenvalue weighted by atomic mass is 9.96. The number of hydrogen-bond donors (Lipinski definition) is 29. The normalized spacial score (nSPS) is 16.6. The Kier molecular flexibility index (Phi) is 46.1. The number of carbonyl (C=O) groups is 18. The third-order valence-corrected chi connectivity index (χ3v) is 20.9. The van der Waals surface area contributed by atoms with E-state index >= 15 is 0 Å². The molecule has 48 heteroatoms. The van der Waals surface area contributed by atoms with Crippen molar-refractivity contribution >= 4 is 123 Å². The Hall–Kier alpha value is -12.6. The van der Waals surface area contributed by atoms with Gasteiger partial charge in [0.25, 0.3) is 0 Å². The first-order valence-corrected chi connectivity index (χ1v) is 42.4. The molecule has 0 saturated carbocycles. The summed E-state index contributed by atoms with van der Waals surface area (Å²) in [6.07, 6.45) is -5.53. The first-order chi connectivity index (χ1) is 61.3. The maximum atomic E-state index is 14.9. The van der Waals surface area contributed by atoms with Gasteiger partial charge >= 0.3 is 11.9 Å². The smallest absolute Gasteiger partial charge is 0.328 e. The van der Waals surface area contributed by atoms with Gasteiger partial charge in [-0.05, 0) is 101 Å². The van der Waals surface area contributed by atoms with Crippen LogP contribution in [0.2, 0.25) is 0 Å². The van der Waals surface area contributed by atoms with Gasteiger partial charge < -0.3 is 152 Å². The van der Waals surface area contributed by atoms with Crippen LogP contribution in [0.25, 0.3) is 10.9 Å². The molecule has 0 radical (unpaired) electrons. The van der Waals surface area contributed by atoms with E-state index in [1.54, 1.807) is 90.2 Å². The van der Waals surface area contributed by atoms with Crippen LogP contribution < -0.4 is 96.5 Å². The molecular formula is C82H127N21O27. The van der Waals surface area contributed by atoms with E-state index in [0.29, 0.717) is 22.0 Å². The van der Waals surface area contributed by atoms with Crippen molar-refractivity contribution in [1.82, 2.24) is 95.0 Å². The molecule has 1 saturated heterocycles. The van der Waals surface area contributed by atoms with Crippen LogP contribution >= 0.6 is 0 Å². The number of aliphatic hydroxyl groups is 7. The average molecular weight is 1840 g/mol. The second kappa shape index (κ2) is 54.7. The first-order valence-electron chi connectivity index (χ1n) is 42.4. The molecule has 2 heterocycles. The van der Waals surface area contributed by atoms with Gasteiger partial charge in [0.05, 0.1) is 57.8 Å². The topological polar surface area (TPSA) is 777 Å². The SMILES string of the molecule is CC[C@H](C)[C@H](NC(=O)[C@H](CO)NC(=O)[C@H](CO)NC(=O)[C@@H](NC(=O)[C@H](CC(C)C)NC(=O)CN)[C@@H](C)O)C(=O)N[C@@H](Cc1c[nH]c2ccccc12)C(=O)N[C@@H](CC(C)C)C(=O)N[C@@H](CO)C(=O)N1CCC[C@H]1C(=O)NCC(=O)N[C@@H](CCCNC(=N)N)C(=O)N[C@@H](CO)C(=O)N[C@H](C(=O)N[C@@H](Cc1ccccc1)C(=O)N[C@@H](CCC(=O)O)C(=O)N[C@H](C(=O)O)[C@@H](C)O)[C@@H](C)O. The molecular weight excluding hydrogens is 1710 g/mol. The molecule has 0 spiro atoms. The Morgan fingerprint density at radius 1 is 0.469 bits per heavy atom. The molecule has 1 aromatic heterocycles. The summed E-state index contributed by atoms with van der Waals surface area (Å²) in [6, 6.07) is -10.8. The number of aromatic nitrogens is 1. The molecule has 1 fully saturated rings. The van der Waals surface area contributed by atoms with E-state index in [-0.39, 0.29) is 82.7 Å². The summed E-state index contributed by atoms with van der Waals surface area (Å²) in [4.78, 5) is 251. The van der Waals surface area contributed by atoms with Crippen LogP contribution in [0, 0.1) is 23.2 Å². The van der Waals surface area contributed by atoms with Crippen LogP contribution in [0.5, 0.6) is 0 Å². The number of nitrogens with two attached hydrogens (primary N) is 2. The van der Waals surface area contributed by atoms with Crippen molar-refractivity contribution in [2.75, 3.05) is 52.6 Å². The summed E-state index contributed by atoms with van der Waals surface area (Å²) in [7, 11) is 0. The zero-order valence-electron chi connectivity index (χ0n) is 73.8.